The number of esters is 2. The minimum Gasteiger partial charge on any atom is -0.463 e. The van der Waals surface area contributed by atoms with Crippen LogP contribution in [0.1, 0.15) is 66.2 Å². The van der Waals surface area contributed by atoms with Crippen molar-refractivity contribution in [3.8, 4) is 0 Å². The molecule has 0 aliphatic rings. The van der Waals surface area contributed by atoms with E-state index in [1.807, 2.05) is 20.8 Å². The smallest absolute Gasteiger partial charge is 0.332 e. The molecule has 0 aliphatic heterocycles. The number of hydrogen-bond donors (Lipinski definition) is 0. The molecular weight excluding hydrogens is 632 g/mol. The molecule has 0 rings (SSSR count). The van der Waals surface area contributed by atoms with Crippen molar-refractivity contribution >= 4 is 11.9 Å². The van der Waals surface area contributed by atoms with Crippen molar-refractivity contribution in [2.45, 2.75) is 71.8 Å². The largest absolute Gasteiger partial charge is 0.463 e. The Balaban J connectivity index is 3.13. The summed E-state index contributed by atoms with van der Waals surface area (Å²) in [6.45, 7) is 16.5. The number of carbonyl (C=O) groups is 2. The maximum Gasteiger partial charge on any atom is 0.332 e. The molecule has 0 spiro atoms. The Kier molecular flexibility index (Phi) is 35.7. The van der Waals surface area contributed by atoms with Crippen molar-refractivity contribution in [3.05, 3.63) is 0 Å². The van der Waals surface area contributed by atoms with E-state index in [2.05, 4.69) is 6.92 Å². The van der Waals surface area contributed by atoms with Crippen LogP contribution in [0.3, 0.4) is 0 Å². The first kappa shape index (κ1) is 46.5. The SMILES string of the molecule is CCCCCCCC(=O)OCCOCCOCCOCCOCCOCCOCCOCCOCCOCCOCC(=O)OC(C)(C)C. The Labute approximate surface area is 288 Å². The summed E-state index contributed by atoms with van der Waals surface area (Å²) >= 11 is 0. The van der Waals surface area contributed by atoms with Gasteiger partial charge in [-0.15, -0.1) is 0 Å². The molecule has 14 nitrogen and oxygen atoms in total. The van der Waals surface area contributed by atoms with Gasteiger partial charge in [-0.2, -0.15) is 0 Å². The summed E-state index contributed by atoms with van der Waals surface area (Å²) in [5, 5.41) is 0. The van der Waals surface area contributed by atoms with Gasteiger partial charge in [0.05, 0.1) is 126 Å². The van der Waals surface area contributed by atoms with Crippen LogP contribution >= 0.6 is 0 Å². The zero-order valence-electron chi connectivity index (χ0n) is 30.3. The second-order valence-corrected chi connectivity index (χ2v) is 11.5. The van der Waals surface area contributed by atoms with E-state index >= 15 is 0 Å². The lowest BCUT2D eigenvalue weighted by molar-refractivity contribution is -0.160. The molecule has 0 heterocycles. The van der Waals surface area contributed by atoms with Crippen molar-refractivity contribution in [1.82, 2.24) is 0 Å². The maximum atomic E-state index is 11.6. The molecule has 0 radical (unpaired) electrons. The normalized spacial score (nSPS) is 11.7. The average molecular weight is 699 g/mol. The first-order valence-corrected chi connectivity index (χ1v) is 17.5. The number of ether oxygens (including phenoxy) is 12. The van der Waals surface area contributed by atoms with E-state index in [1.54, 1.807) is 0 Å². The summed E-state index contributed by atoms with van der Waals surface area (Å²) < 4.78 is 64.5. The van der Waals surface area contributed by atoms with Gasteiger partial charge in [0, 0.05) is 6.42 Å². The van der Waals surface area contributed by atoms with Crippen LogP contribution in [-0.4, -0.2) is 156 Å². The van der Waals surface area contributed by atoms with Crippen molar-refractivity contribution in [2.24, 2.45) is 0 Å². The van der Waals surface area contributed by atoms with Gasteiger partial charge in [0.2, 0.25) is 0 Å². The Hall–Kier alpha value is -1.46. The first-order chi connectivity index (χ1) is 23.3. The van der Waals surface area contributed by atoms with Crippen LogP contribution in [0.25, 0.3) is 0 Å². The van der Waals surface area contributed by atoms with Crippen molar-refractivity contribution in [3.63, 3.8) is 0 Å². The molecule has 0 aromatic carbocycles. The van der Waals surface area contributed by atoms with Crippen LogP contribution in [0.15, 0.2) is 0 Å². The standard InChI is InChI=1S/C34H66O14/c1-5-6-7-8-9-10-32(35)47-30-29-45-26-25-43-22-21-41-18-17-39-14-13-37-11-12-38-15-16-40-19-20-42-23-24-44-27-28-46-31-33(36)48-34(2,3)4/h5-31H2,1-4H3. The lowest BCUT2D eigenvalue weighted by atomic mass is 10.1. The highest BCUT2D eigenvalue weighted by Crippen LogP contribution is 2.07. The fourth-order valence-electron chi connectivity index (χ4n) is 3.67. The second-order valence-electron chi connectivity index (χ2n) is 11.5. The summed E-state index contributed by atoms with van der Waals surface area (Å²) in [7, 11) is 0. The van der Waals surface area contributed by atoms with E-state index < -0.39 is 5.60 Å². The summed E-state index contributed by atoms with van der Waals surface area (Å²) in [4.78, 5) is 23.1. The molecule has 0 fully saturated rings. The molecule has 0 aliphatic carbocycles. The van der Waals surface area contributed by atoms with Crippen LogP contribution in [0.2, 0.25) is 0 Å². The van der Waals surface area contributed by atoms with Crippen molar-refractivity contribution in [2.75, 3.05) is 139 Å². The molecule has 286 valence electrons. The summed E-state index contributed by atoms with van der Waals surface area (Å²) in [5.41, 5.74) is -0.513. The van der Waals surface area contributed by atoms with Crippen LogP contribution in [-0.2, 0) is 66.4 Å². The second kappa shape index (κ2) is 36.8. The molecule has 0 N–H and O–H groups in total. The quantitative estimate of drug-likeness (QED) is 0.0686. The molecule has 0 atom stereocenters. The van der Waals surface area contributed by atoms with E-state index in [1.165, 1.54) is 19.3 Å². The van der Waals surface area contributed by atoms with Gasteiger partial charge in [-0.25, -0.2) is 4.79 Å². The van der Waals surface area contributed by atoms with Gasteiger partial charge in [0.1, 0.15) is 18.8 Å². The molecule has 0 aromatic heterocycles. The zero-order chi connectivity index (χ0) is 35.2. The van der Waals surface area contributed by atoms with E-state index in [4.69, 9.17) is 56.8 Å². The minimum atomic E-state index is -0.513. The summed E-state index contributed by atoms with van der Waals surface area (Å²) in [6, 6.07) is 0. The lowest BCUT2D eigenvalue weighted by Gasteiger charge is -2.19. The zero-order valence-corrected chi connectivity index (χ0v) is 30.3. The number of carbonyl (C=O) groups excluding carboxylic acids is 2. The monoisotopic (exact) mass is 698 g/mol. The van der Waals surface area contributed by atoms with E-state index in [0.717, 1.165) is 12.8 Å². The number of unbranched alkanes of at least 4 members (excludes halogenated alkanes) is 4. The Morgan fingerprint density at radius 3 is 1.04 bits per heavy atom. The number of hydrogen-bond acceptors (Lipinski definition) is 14. The van der Waals surface area contributed by atoms with Gasteiger partial charge in [-0.05, 0) is 27.2 Å². The fourth-order valence-corrected chi connectivity index (χ4v) is 3.67. The third-order valence-electron chi connectivity index (χ3n) is 5.96. The van der Waals surface area contributed by atoms with Crippen LogP contribution in [0.4, 0.5) is 0 Å². The van der Waals surface area contributed by atoms with Crippen LogP contribution in [0, 0.1) is 0 Å². The fraction of sp³-hybridized carbons (Fsp3) is 0.941. The Bertz CT molecular complexity index is 689. The first-order valence-electron chi connectivity index (χ1n) is 17.5. The highest BCUT2D eigenvalue weighted by Gasteiger charge is 2.15. The van der Waals surface area contributed by atoms with E-state index in [0.29, 0.717) is 132 Å². The molecule has 0 unspecified atom stereocenters. The average Bonchev–Trinajstić information content (AvgIpc) is 3.04. The minimum absolute atomic E-state index is 0.0856. The van der Waals surface area contributed by atoms with Gasteiger partial charge < -0.3 is 56.8 Å². The molecule has 0 aromatic rings. The summed E-state index contributed by atoms with van der Waals surface area (Å²) in [6.07, 6.45) is 6.05. The van der Waals surface area contributed by atoms with Gasteiger partial charge in [0.25, 0.3) is 0 Å². The predicted molar refractivity (Wildman–Crippen MR) is 178 cm³/mol. The third-order valence-corrected chi connectivity index (χ3v) is 5.96. The molecule has 48 heavy (non-hydrogen) atoms. The molecule has 0 bridgehead atoms. The van der Waals surface area contributed by atoms with Gasteiger partial charge >= 0.3 is 11.9 Å². The third kappa shape index (κ3) is 40.7. The van der Waals surface area contributed by atoms with E-state index in [-0.39, 0.29) is 25.2 Å². The van der Waals surface area contributed by atoms with Gasteiger partial charge in [-0.1, -0.05) is 32.6 Å². The molecule has 14 heteroatoms. The lowest BCUT2D eigenvalue weighted by Crippen LogP contribution is -2.27. The molecule has 0 saturated carbocycles. The highest BCUT2D eigenvalue weighted by molar-refractivity contribution is 5.71. The topological polar surface area (TPSA) is 145 Å². The molecular formula is C34H66O14. The Morgan fingerprint density at radius 2 is 0.708 bits per heavy atom. The Morgan fingerprint density at radius 1 is 0.396 bits per heavy atom. The predicted octanol–water partition coefficient (Wildman–Crippen LogP) is 3.40. The van der Waals surface area contributed by atoms with Gasteiger partial charge in [0.15, 0.2) is 0 Å². The summed E-state index contributed by atoms with van der Waals surface area (Å²) in [5.74, 6) is -0.540. The van der Waals surface area contributed by atoms with Crippen molar-refractivity contribution < 1.29 is 66.4 Å². The van der Waals surface area contributed by atoms with Crippen LogP contribution in [0.5, 0.6) is 0 Å². The number of rotatable bonds is 38. The molecule has 0 amide bonds. The van der Waals surface area contributed by atoms with Crippen molar-refractivity contribution in [1.29, 1.82) is 0 Å². The van der Waals surface area contributed by atoms with Crippen LogP contribution < -0.4 is 0 Å². The maximum absolute atomic E-state index is 11.6. The molecule has 0 saturated heterocycles. The highest BCUT2D eigenvalue weighted by atomic mass is 16.6. The van der Waals surface area contributed by atoms with E-state index in [9.17, 15) is 9.59 Å². The van der Waals surface area contributed by atoms with Gasteiger partial charge in [-0.3, -0.25) is 4.79 Å².